The van der Waals surface area contributed by atoms with E-state index in [9.17, 15) is 0 Å². The molecule has 4 nitrogen and oxygen atoms in total. The van der Waals surface area contributed by atoms with Gasteiger partial charge in [0.05, 0.1) is 0 Å². The second-order valence-corrected chi connectivity index (χ2v) is 6.82. The first-order chi connectivity index (χ1) is 9.65. The van der Waals surface area contributed by atoms with Gasteiger partial charge in [-0.25, -0.2) is 0 Å². The number of hydrogen-bond donors (Lipinski definition) is 1. The molecule has 2 aliphatic rings. The van der Waals surface area contributed by atoms with E-state index in [2.05, 4.69) is 29.1 Å². The minimum atomic E-state index is 0.624. The minimum Gasteiger partial charge on any atom is -0.381 e. The lowest BCUT2D eigenvalue weighted by atomic mass is 9.68. The molecule has 1 aliphatic carbocycles. The van der Waals surface area contributed by atoms with Crippen LogP contribution in [0.15, 0.2) is 4.99 Å². The third-order valence-electron chi connectivity index (χ3n) is 4.56. The standard InChI is InChI=1S/C16H31N3O/c1-14(2)12-20-11-5-9-18-15(17-3)19-10-8-16(13-19)6-4-7-16/h14H,4-13H2,1-3H3,(H,17,18). The first-order valence-corrected chi connectivity index (χ1v) is 8.18. The summed E-state index contributed by atoms with van der Waals surface area (Å²) in [7, 11) is 1.89. The summed E-state index contributed by atoms with van der Waals surface area (Å²) >= 11 is 0. The summed E-state index contributed by atoms with van der Waals surface area (Å²) < 4.78 is 5.60. The van der Waals surface area contributed by atoms with Crippen LogP contribution >= 0.6 is 0 Å². The number of hydrogen-bond acceptors (Lipinski definition) is 2. The van der Waals surface area contributed by atoms with Gasteiger partial charge in [0.2, 0.25) is 0 Å². The zero-order valence-corrected chi connectivity index (χ0v) is 13.5. The van der Waals surface area contributed by atoms with Crippen molar-refractivity contribution < 1.29 is 4.74 Å². The molecule has 2 fully saturated rings. The molecule has 1 heterocycles. The summed E-state index contributed by atoms with van der Waals surface area (Å²) in [5.74, 6) is 1.71. The smallest absolute Gasteiger partial charge is 0.193 e. The van der Waals surface area contributed by atoms with Crippen molar-refractivity contribution in [1.82, 2.24) is 10.2 Å². The van der Waals surface area contributed by atoms with E-state index in [1.807, 2.05) is 7.05 Å². The SMILES string of the molecule is CN=C(NCCCOCC(C)C)N1CCC2(CCC2)C1. The van der Waals surface area contributed by atoms with Gasteiger partial charge in [-0.3, -0.25) is 4.99 Å². The fourth-order valence-electron chi connectivity index (χ4n) is 3.23. The molecule has 20 heavy (non-hydrogen) atoms. The zero-order chi connectivity index (χ0) is 14.4. The molecule has 0 aromatic heterocycles. The molecule has 0 aromatic carbocycles. The van der Waals surface area contributed by atoms with Crippen molar-refractivity contribution in [3.63, 3.8) is 0 Å². The number of aliphatic imine (C=N–C) groups is 1. The third kappa shape index (κ3) is 4.11. The Kier molecular flexibility index (Phi) is 5.70. The van der Waals surface area contributed by atoms with Crippen molar-refractivity contribution in [3.05, 3.63) is 0 Å². The van der Waals surface area contributed by atoms with E-state index < -0.39 is 0 Å². The molecule has 0 bridgehead atoms. The van der Waals surface area contributed by atoms with E-state index in [1.54, 1.807) is 0 Å². The molecule has 4 heteroatoms. The highest BCUT2D eigenvalue weighted by Gasteiger charge is 2.43. The maximum Gasteiger partial charge on any atom is 0.193 e. The van der Waals surface area contributed by atoms with Crippen LogP contribution in [0.1, 0.15) is 46.0 Å². The predicted octanol–water partition coefficient (Wildman–Crippen LogP) is 2.50. The molecule has 0 atom stereocenters. The quantitative estimate of drug-likeness (QED) is 0.462. The molecule has 1 saturated heterocycles. The van der Waals surface area contributed by atoms with Crippen molar-refractivity contribution in [3.8, 4) is 0 Å². The van der Waals surface area contributed by atoms with Gasteiger partial charge in [-0.2, -0.15) is 0 Å². The van der Waals surface area contributed by atoms with Crippen molar-refractivity contribution in [2.24, 2.45) is 16.3 Å². The average Bonchev–Trinajstić information content (AvgIpc) is 2.83. The van der Waals surface area contributed by atoms with Gasteiger partial charge in [-0.15, -0.1) is 0 Å². The van der Waals surface area contributed by atoms with Crippen molar-refractivity contribution in [1.29, 1.82) is 0 Å². The molecule has 0 radical (unpaired) electrons. The molecule has 1 saturated carbocycles. The highest BCUT2D eigenvalue weighted by molar-refractivity contribution is 5.80. The lowest BCUT2D eigenvalue weighted by Gasteiger charge is -2.38. The largest absolute Gasteiger partial charge is 0.381 e. The monoisotopic (exact) mass is 281 g/mol. The number of likely N-dealkylation sites (tertiary alicyclic amines) is 1. The minimum absolute atomic E-state index is 0.624. The van der Waals surface area contributed by atoms with Crippen LogP contribution in [0.3, 0.4) is 0 Å². The molecule has 2 rings (SSSR count). The van der Waals surface area contributed by atoms with Crippen LogP contribution in [-0.2, 0) is 4.74 Å². The van der Waals surface area contributed by atoms with Gasteiger partial charge in [0.1, 0.15) is 0 Å². The number of nitrogens with zero attached hydrogens (tertiary/aromatic N) is 2. The topological polar surface area (TPSA) is 36.9 Å². The maximum atomic E-state index is 5.60. The Hall–Kier alpha value is -0.770. The second-order valence-electron chi connectivity index (χ2n) is 6.82. The van der Waals surface area contributed by atoms with E-state index in [0.717, 1.165) is 32.1 Å². The second kappa shape index (κ2) is 7.30. The normalized spacial score (nSPS) is 21.6. The van der Waals surface area contributed by atoms with Gasteiger partial charge in [-0.05, 0) is 37.0 Å². The summed E-state index contributed by atoms with van der Waals surface area (Å²) in [6.07, 6.45) is 6.66. The van der Waals surface area contributed by atoms with Gasteiger partial charge in [0, 0.05) is 39.9 Å². The first-order valence-electron chi connectivity index (χ1n) is 8.18. The van der Waals surface area contributed by atoms with Crippen LogP contribution in [0.2, 0.25) is 0 Å². The van der Waals surface area contributed by atoms with Gasteiger partial charge >= 0.3 is 0 Å². The first kappa shape index (κ1) is 15.6. The average molecular weight is 281 g/mol. The molecule has 116 valence electrons. The van der Waals surface area contributed by atoms with Crippen LogP contribution in [0, 0.1) is 11.3 Å². The highest BCUT2D eigenvalue weighted by atomic mass is 16.5. The van der Waals surface area contributed by atoms with Crippen molar-refractivity contribution >= 4 is 5.96 Å². The van der Waals surface area contributed by atoms with Crippen molar-refractivity contribution in [2.45, 2.75) is 46.0 Å². The number of rotatable bonds is 6. The third-order valence-corrected chi connectivity index (χ3v) is 4.56. The number of guanidine groups is 1. The maximum absolute atomic E-state index is 5.60. The molecule has 0 amide bonds. The van der Waals surface area contributed by atoms with Gasteiger partial charge in [0.25, 0.3) is 0 Å². The Morgan fingerprint density at radius 2 is 2.15 bits per heavy atom. The van der Waals surface area contributed by atoms with Gasteiger partial charge in [-0.1, -0.05) is 20.3 Å². The van der Waals surface area contributed by atoms with Crippen LogP contribution in [0.5, 0.6) is 0 Å². The zero-order valence-electron chi connectivity index (χ0n) is 13.5. The Labute approximate surface area is 124 Å². The van der Waals surface area contributed by atoms with Crippen LogP contribution < -0.4 is 5.32 Å². The van der Waals surface area contributed by atoms with E-state index in [-0.39, 0.29) is 0 Å². The molecule has 0 unspecified atom stereocenters. The Morgan fingerprint density at radius 3 is 2.70 bits per heavy atom. The van der Waals surface area contributed by atoms with E-state index >= 15 is 0 Å². The van der Waals surface area contributed by atoms with Crippen molar-refractivity contribution in [2.75, 3.05) is 39.9 Å². The van der Waals surface area contributed by atoms with Crippen LogP contribution in [0.25, 0.3) is 0 Å². The van der Waals surface area contributed by atoms with Crippen LogP contribution in [0.4, 0.5) is 0 Å². The Morgan fingerprint density at radius 1 is 1.35 bits per heavy atom. The molecule has 0 aromatic rings. The molecular weight excluding hydrogens is 250 g/mol. The van der Waals surface area contributed by atoms with E-state index in [0.29, 0.717) is 11.3 Å². The summed E-state index contributed by atoms with van der Waals surface area (Å²) in [6, 6.07) is 0. The number of ether oxygens (including phenoxy) is 1. The summed E-state index contributed by atoms with van der Waals surface area (Å²) in [5.41, 5.74) is 0.637. The van der Waals surface area contributed by atoms with E-state index in [4.69, 9.17) is 4.74 Å². The molecule has 1 aliphatic heterocycles. The van der Waals surface area contributed by atoms with Gasteiger partial charge < -0.3 is 15.0 Å². The summed E-state index contributed by atoms with van der Waals surface area (Å²) in [5, 5.41) is 3.48. The van der Waals surface area contributed by atoms with E-state index in [1.165, 1.54) is 38.8 Å². The lowest BCUT2D eigenvalue weighted by molar-refractivity contribution is 0.108. The van der Waals surface area contributed by atoms with Gasteiger partial charge in [0.15, 0.2) is 5.96 Å². The molecule has 1 N–H and O–H groups in total. The predicted molar refractivity (Wildman–Crippen MR) is 84.1 cm³/mol. The summed E-state index contributed by atoms with van der Waals surface area (Å²) in [6.45, 7) is 9.40. The fraction of sp³-hybridized carbons (Fsp3) is 0.938. The number of nitrogens with one attached hydrogen (secondary N) is 1. The summed E-state index contributed by atoms with van der Waals surface area (Å²) in [4.78, 5) is 6.87. The molecule has 1 spiro atoms. The Balaban J connectivity index is 1.61. The molecular formula is C16H31N3O. The Bertz CT molecular complexity index is 324. The van der Waals surface area contributed by atoms with Crippen LogP contribution in [-0.4, -0.2) is 50.8 Å². The lowest BCUT2D eigenvalue weighted by Crippen LogP contribution is -2.43. The fourth-order valence-corrected chi connectivity index (χ4v) is 3.23. The highest BCUT2D eigenvalue weighted by Crippen LogP contribution is 2.47.